The zero-order valence-electron chi connectivity index (χ0n) is 23.5. The van der Waals surface area contributed by atoms with E-state index in [1.165, 1.54) is 5.56 Å². The quantitative estimate of drug-likeness (QED) is 0.190. The average Bonchev–Trinajstić information content (AvgIpc) is 3.01. The van der Waals surface area contributed by atoms with Crippen molar-refractivity contribution in [2.75, 3.05) is 19.5 Å². The van der Waals surface area contributed by atoms with Gasteiger partial charge in [-0.05, 0) is 73.0 Å². The molecule has 0 aliphatic rings. The Bertz CT molecular complexity index is 1670. The lowest BCUT2D eigenvalue weighted by molar-refractivity contribution is 0.0940. The van der Waals surface area contributed by atoms with Crippen molar-refractivity contribution in [3.8, 4) is 23.0 Å². The van der Waals surface area contributed by atoms with Crippen LogP contribution in [-0.4, -0.2) is 30.1 Å². The number of hydrogen-bond acceptors (Lipinski definition) is 7. The highest BCUT2D eigenvalue weighted by atomic mass is 16.5. The van der Waals surface area contributed by atoms with Gasteiger partial charge in [0.1, 0.15) is 17.3 Å². The summed E-state index contributed by atoms with van der Waals surface area (Å²) in [6.07, 6.45) is 4.29. The average molecular weight is 549 g/mol. The first-order valence-corrected chi connectivity index (χ1v) is 13.4. The van der Waals surface area contributed by atoms with Crippen LogP contribution in [0.15, 0.2) is 91.3 Å². The van der Waals surface area contributed by atoms with Gasteiger partial charge in [-0.2, -0.15) is 0 Å². The molecule has 0 unspecified atom stereocenters. The van der Waals surface area contributed by atoms with E-state index in [1.807, 2.05) is 55.5 Å². The van der Waals surface area contributed by atoms with Crippen LogP contribution in [0, 0.1) is 0 Å². The second-order valence-corrected chi connectivity index (χ2v) is 9.48. The molecule has 1 amide bonds. The van der Waals surface area contributed by atoms with Crippen LogP contribution in [0.4, 0.5) is 11.5 Å². The third-order valence-corrected chi connectivity index (χ3v) is 6.81. The lowest BCUT2D eigenvalue weighted by Crippen LogP contribution is -2.27. The zero-order chi connectivity index (χ0) is 28.8. The minimum atomic E-state index is -0.202. The molecule has 0 fully saturated rings. The highest BCUT2D eigenvalue weighted by Crippen LogP contribution is 2.37. The first-order valence-electron chi connectivity index (χ1n) is 13.4. The van der Waals surface area contributed by atoms with Gasteiger partial charge in [0.15, 0.2) is 11.5 Å². The van der Waals surface area contributed by atoms with Gasteiger partial charge in [0.2, 0.25) is 0 Å². The van der Waals surface area contributed by atoms with E-state index >= 15 is 0 Å². The number of ether oxygens (including phenoxy) is 3. The van der Waals surface area contributed by atoms with Crippen LogP contribution < -0.4 is 24.8 Å². The Kier molecular flexibility index (Phi) is 8.29. The Morgan fingerprint density at radius 3 is 2.39 bits per heavy atom. The monoisotopic (exact) mass is 548 g/mol. The van der Waals surface area contributed by atoms with E-state index in [4.69, 9.17) is 14.2 Å². The predicted octanol–water partition coefficient (Wildman–Crippen LogP) is 7.24. The number of hydrogen-bond donors (Lipinski definition) is 2. The summed E-state index contributed by atoms with van der Waals surface area (Å²) < 4.78 is 17.0. The lowest BCUT2D eigenvalue weighted by Gasteiger charge is -2.17. The van der Waals surface area contributed by atoms with Crippen molar-refractivity contribution in [2.45, 2.75) is 26.3 Å². The summed E-state index contributed by atoms with van der Waals surface area (Å²) in [6.45, 7) is 4.10. The molecule has 2 heterocycles. The summed E-state index contributed by atoms with van der Waals surface area (Å²) in [5.74, 6) is 2.74. The second kappa shape index (κ2) is 12.4. The van der Waals surface area contributed by atoms with E-state index in [-0.39, 0.29) is 11.9 Å². The molecule has 3 aromatic carbocycles. The van der Waals surface area contributed by atoms with Gasteiger partial charge >= 0.3 is 0 Å². The van der Waals surface area contributed by atoms with Crippen LogP contribution in [0.25, 0.3) is 10.9 Å². The normalized spacial score (nSPS) is 11.5. The second-order valence-electron chi connectivity index (χ2n) is 9.48. The molecule has 2 N–H and O–H groups in total. The molecule has 0 spiro atoms. The Morgan fingerprint density at radius 1 is 0.854 bits per heavy atom. The Labute approximate surface area is 239 Å². The fourth-order valence-electron chi connectivity index (χ4n) is 4.53. The van der Waals surface area contributed by atoms with Gasteiger partial charge in [-0.15, -0.1) is 0 Å². The van der Waals surface area contributed by atoms with Crippen LogP contribution >= 0.6 is 0 Å². The number of nitrogens with zero attached hydrogens (tertiary/aromatic N) is 2. The zero-order valence-corrected chi connectivity index (χ0v) is 23.5. The molecule has 0 saturated heterocycles. The van der Waals surface area contributed by atoms with Gasteiger partial charge in [-0.3, -0.25) is 9.78 Å². The fraction of sp³-hybridized carbons (Fsp3) is 0.182. The SMILES string of the molecule is CCc1cccc([C@H](C)NC(=O)c2cccnc2Nc2ccc(Oc3ccnc4cc(OC)c(OC)cc34)cc2)c1. The maximum absolute atomic E-state index is 13.2. The van der Waals surface area contributed by atoms with Crippen molar-refractivity contribution in [1.29, 1.82) is 0 Å². The van der Waals surface area contributed by atoms with Gasteiger partial charge in [0, 0.05) is 29.5 Å². The number of aryl methyl sites for hydroxylation is 1. The molecule has 41 heavy (non-hydrogen) atoms. The van der Waals surface area contributed by atoms with Crippen molar-refractivity contribution in [2.24, 2.45) is 0 Å². The summed E-state index contributed by atoms with van der Waals surface area (Å²) in [5.41, 5.74) is 4.24. The molecule has 8 heteroatoms. The summed E-state index contributed by atoms with van der Waals surface area (Å²) in [5, 5.41) is 7.16. The first-order chi connectivity index (χ1) is 20.0. The number of rotatable bonds is 10. The minimum absolute atomic E-state index is 0.149. The van der Waals surface area contributed by atoms with Gasteiger partial charge in [0.25, 0.3) is 5.91 Å². The number of amides is 1. The van der Waals surface area contributed by atoms with E-state index in [0.29, 0.717) is 34.4 Å². The molecule has 0 radical (unpaired) electrons. The number of aromatic nitrogens is 2. The van der Waals surface area contributed by atoms with Crippen molar-refractivity contribution in [3.05, 3.63) is 108 Å². The van der Waals surface area contributed by atoms with Gasteiger partial charge in [-0.25, -0.2) is 4.98 Å². The largest absolute Gasteiger partial charge is 0.493 e. The number of pyridine rings is 2. The number of benzene rings is 3. The number of carbonyl (C=O) groups is 1. The topological polar surface area (TPSA) is 94.6 Å². The molecule has 208 valence electrons. The smallest absolute Gasteiger partial charge is 0.255 e. The molecular formula is C33H32N4O4. The number of fused-ring (bicyclic) bond motifs is 1. The number of methoxy groups -OCH3 is 2. The van der Waals surface area contributed by atoms with Crippen molar-refractivity contribution in [3.63, 3.8) is 0 Å². The Balaban J connectivity index is 1.30. The maximum atomic E-state index is 13.2. The van der Waals surface area contributed by atoms with E-state index < -0.39 is 0 Å². The van der Waals surface area contributed by atoms with Crippen molar-refractivity contribution < 1.29 is 19.0 Å². The molecule has 2 aromatic heterocycles. The highest BCUT2D eigenvalue weighted by molar-refractivity contribution is 5.99. The molecule has 0 saturated carbocycles. The summed E-state index contributed by atoms with van der Waals surface area (Å²) in [4.78, 5) is 22.1. The van der Waals surface area contributed by atoms with Crippen LogP contribution in [0.3, 0.4) is 0 Å². The van der Waals surface area contributed by atoms with E-state index in [9.17, 15) is 4.79 Å². The maximum Gasteiger partial charge on any atom is 0.255 e. The Morgan fingerprint density at radius 2 is 1.63 bits per heavy atom. The third-order valence-electron chi connectivity index (χ3n) is 6.81. The van der Waals surface area contributed by atoms with E-state index in [0.717, 1.165) is 28.6 Å². The van der Waals surface area contributed by atoms with Crippen molar-refractivity contribution in [1.82, 2.24) is 15.3 Å². The highest BCUT2D eigenvalue weighted by Gasteiger charge is 2.17. The molecule has 0 aliphatic heterocycles. The molecule has 1 atom stereocenters. The van der Waals surface area contributed by atoms with E-state index in [1.54, 1.807) is 44.8 Å². The molecule has 0 aliphatic carbocycles. The van der Waals surface area contributed by atoms with Gasteiger partial charge in [-0.1, -0.05) is 31.2 Å². The fourth-order valence-corrected chi connectivity index (χ4v) is 4.53. The minimum Gasteiger partial charge on any atom is -0.493 e. The number of carbonyl (C=O) groups excluding carboxylic acids is 1. The van der Waals surface area contributed by atoms with E-state index in [2.05, 4.69) is 39.7 Å². The Hall–Kier alpha value is -5.11. The van der Waals surface area contributed by atoms with Crippen LogP contribution in [0.5, 0.6) is 23.0 Å². The lowest BCUT2D eigenvalue weighted by atomic mass is 10.0. The molecule has 8 nitrogen and oxygen atoms in total. The summed E-state index contributed by atoms with van der Waals surface area (Å²) >= 11 is 0. The number of nitrogens with one attached hydrogen (secondary N) is 2. The third kappa shape index (κ3) is 6.22. The summed E-state index contributed by atoms with van der Waals surface area (Å²) in [7, 11) is 3.18. The van der Waals surface area contributed by atoms with Crippen LogP contribution in [-0.2, 0) is 6.42 Å². The predicted molar refractivity (Wildman–Crippen MR) is 161 cm³/mol. The molecule has 5 rings (SSSR count). The molecular weight excluding hydrogens is 516 g/mol. The van der Waals surface area contributed by atoms with Crippen molar-refractivity contribution >= 4 is 28.3 Å². The van der Waals surface area contributed by atoms with Gasteiger partial charge < -0.3 is 24.8 Å². The van der Waals surface area contributed by atoms with Gasteiger partial charge in [0.05, 0.1) is 31.3 Å². The van der Waals surface area contributed by atoms with Crippen LogP contribution in [0.1, 0.15) is 41.4 Å². The molecule has 0 bridgehead atoms. The first kappa shape index (κ1) is 27.5. The molecule has 5 aromatic rings. The van der Waals surface area contributed by atoms with Crippen LogP contribution in [0.2, 0.25) is 0 Å². The summed E-state index contributed by atoms with van der Waals surface area (Å²) in [6, 6.07) is 24.5. The number of anilines is 2. The standard InChI is InChI=1S/C33H32N4O4/c1-5-22-8-6-9-23(18-22)21(2)36-33(38)26-10-7-16-35-32(26)37-24-11-13-25(14-12-24)41-29-15-17-34-28-20-31(40-4)30(39-3)19-27(28)29/h6-21H,5H2,1-4H3,(H,35,37)(H,36,38)/t21-/m0/s1.